The van der Waals surface area contributed by atoms with E-state index in [1.54, 1.807) is 6.07 Å². The summed E-state index contributed by atoms with van der Waals surface area (Å²) < 4.78 is 0. The smallest absolute Gasteiger partial charge is 0.172 e. The number of nitrogens with two attached hydrogens (primary N) is 1. The van der Waals surface area contributed by atoms with Crippen molar-refractivity contribution in [2.75, 3.05) is 32.1 Å². The highest BCUT2D eigenvalue weighted by Gasteiger charge is 2.32. The Morgan fingerprint density at radius 2 is 2.15 bits per heavy atom. The molecule has 0 aromatic heterocycles. The Hall–Kier alpha value is -1.46. The predicted molar refractivity (Wildman–Crippen MR) is 82.8 cm³/mol. The first-order valence-corrected chi connectivity index (χ1v) is 7.00. The average molecular weight is 297 g/mol. The first-order valence-electron chi connectivity index (χ1n) is 6.63. The van der Waals surface area contributed by atoms with E-state index < -0.39 is 0 Å². The summed E-state index contributed by atoms with van der Waals surface area (Å²) in [6.07, 6.45) is 0. The van der Waals surface area contributed by atoms with Gasteiger partial charge in [0, 0.05) is 35.4 Å². The Morgan fingerprint density at radius 3 is 2.70 bits per heavy atom. The Labute approximate surface area is 124 Å². The fourth-order valence-electron chi connectivity index (χ4n) is 2.86. The van der Waals surface area contributed by atoms with Crippen molar-refractivity contribution in [3.63, 3.8) is 0 Å². The lowest BCUT2D eigenvalue weighted by Gasteiger charge is -2.24. The lowest BCUT2D eigenvalue weighted by atomic mass is 10.1. The van der Waals surface area contributed by atoms with Crippen LogP contribution in [0.15, 0.2) is 23.4 Å². The normalized spacial score (nSPS) is 23.6. The van der Waals surface area contributed by atoms with Crippen LogP contribution >= 0.6 is 11.6 Å². The van der Waals surface area contributed by atoms with Crippen LogP contribution in [-0.4, -0.2) is 49.2 Å². The van der Waals surface area contributed by atoms with Gasteiger partial charge in [-0.05, 0) is 38.2 Å². The molecule has 110 valence electrons. The van der Waals surface area contributed by atoms with Crippen LogP contribution in [0.3, 0.4) is 0 Å². The van der Waals surface area contributed by atoms with Crippen molar-refractivity contribution in [2.45, 2.75) is 13.0 Å². The Bertz CT molecular complexity index is 518. The molecule has 1 heterocycles. The van der Waals surface area contributed by atoms with Gasteiger partial charge in [-0.1, -0.05) is 23.7 Å². The molecule has 2 atom stereocenters. The molecule has 0 radical (unpaired) electrons. The van der Waals surface area contributed by atoms with Gasteiger partial charge < -0.3 is 20.7 Å². The van der Waals surface area contributed by atoms with Crippen LogP contribution < -0.4 is 10.6 Å². The third kappa shape index (κ3) is 2.83. The molecular formula is C14H21ClN4O. The van der Waals surface area contributed by atoms with Gasteiger partial charge in [0.05, 0.1) is 0 Å². The summed E-state index contributed by atoms with van der Waals surface area (Å²) in [6, 6.07) is 5.99. The zero-order chi connectivity index (χ0) is 14.9. The highest BCUT2D eigenvalue weighted by Crippen LogP contribution is 2.30. The molecule has 1 aliphatic rings. The zero-order valence-electron chi connectivity index (χ0n) is 12.0. The summed E-state index contributed by atoms with van der Waals surface area (Å²) in [5.74, 6) is 0.643. The van der Waals surface area contributed by atoms with E-state index in [0.29, 0.717) is 22.5 Å². The number of hydrogen-bond acceptors (Lipinski definition) is 4. The number of likely N-dealkylation sites (N-methyl/N-ethyl adjacent to an activating group) is 1. The number of oxime groups is 1. The minimum Gasteiger partial charge on any atom is -0.409 e. The number of nitrogens with zero attached hydrogens (tertiary/aromatic N) is 3. The summed E-state index contributed by atoms with van der Waals surface area (Å²) in [4.78, 5) is 4.50. The number of rotatable bonds is 3. The average Bonchev–Trinajstić information content (AvgIpc) is 2.79. The first-order chi connectivity index (χ1) is 9.43. The Kier molecular flexibility index (Phi) is 4.40. The standard InChI is InChI=1S/C14H21ClN4O/c1-9-7-19(8-13(9)18(2)3)12-5-4-10(15)6-11(12)14(16)17-20/h4-6,9,13,20H,7-8H2,1-3H3,(H2,16,17). The van der Waals surface area contributed by atoms with Crippen LogP contribution in [0.2, 0.25) is 5.02 Å². The second kappa shape index (κ2) is 5.89. The van der Waals surface area contributed by atoms with Crippen LogP contribution in [0.1, 0.15) is 12.5 Å². The maximum Gasteiger partial charge on any atom is 0.172 e. The van der Waals surface area contributed by atoms with Gasteiger partial charge >= 0.3 is 0 Å². The Balaban J connectivity index is 2.35. The van der Waals surface area contributed by atoms with Gasteiger partial charge in [-0.25, -0.2) is 0 Å². The lowest BCUT2D eigenvalue weighted by Crippen LogP contribution is -2.34. The van der Waals surface area contributed by atoms with Gasteiger partial charge in [-0.15, -0.1) is 0 Å². The SMILES string of the molecule is CC1CN(c2ccc(Cl)cc2/C(N)=N/O)CC1N(C)C. The van der Waals surface area contributed by atoms with Crippen molar-refractivity contribution >= 4 is 23.1 Å². The van der Waals surface area contributed by atoms with E-state index in [1.807, 2.05) is 12.1 Å². The van der Waals surface area contributed by atoms with Crippen LogP contribution in [0, 0.1) is 5.92 Å². The monoisotopic (exact) mass is 296 g/mol. The molecule has 5 nitrogen and oxygen atoms in total. The summed E-state index contributed by atoms with van der Waals surface area (Å²) >= 11 is 6.01. The maximum absolute atomic E-state index is 8.93. The molecule has 1 aromatic carbocycles. The highest BCUT2D eigenvalue weighted by atomic mass is 35.5. The fraction of sp³-hybridized carbons (Fsp3) is 0.500. The summed E-state index contributed by atoms with van der Waals surface area (Å²) in [7, 11) is 4.19. The molecule has 6 heteroatoms. The molecule has 0 spiro atoms. The topological polar surface area (TPSA) is 65.1 Å². The van der Waals surface area contributed by atoms with Crippen molar-refractivity contribution in [3.8, 4) is 0 Å². The minimum absolute atomic E-state index is 0.0865. The van der Waals surface area contributed by atoms with Crippen LogP contribution in [0.25, 0.3) is 0 Å². The van der Waals surface area contributed by atoms with Gasteiger partial charge in [0.15, 0.2) is 5.84 Å². The third-order valence-electron chi connectivity index (χ3n) is 3.92. The molecule has 0 aliphatic carbocycles. The van der Waals surface area contributed by atoms with Crippen molar-refractivity contribution in [1.29, 1.82) is 0 Å². The number of amidine groups is 1. The van der Waals surface area contributed by atoms with Gasteiger partial charge in [0.25, 0.3) is 0 Å². The van der Waals surface area contributed by atoms with E-state index in [4.69, 9.17) is 22.5 Å². The third-order valence-corrected chi connectivity index (χ3v) is 4.15. The van der Waals surface area contributed by atoms with Crippen molar-refractivity contribution in [3.05, 3.63) is 28.8 Å². The number of halogens is 1. The highest BCUT2D eigenvalue weighted by molar-refractivity contribution is 6.31. The van der Waals surface area contributed by atoms with E-state index in [2.05, 4.69) is 36.0 Å². The summed E-state index contributed by atoms with van der Waals surface area (Å²) in [6.45, 7) is 4.10. The summed E-state index contributed by atoms with van der Waals surface area (Å²) in [5, 5.41) is 12.6. The van der Waals surface area contributed by atoms with Gasteiger partial charge in [-0.3, -0.25) is 0 Å². The fourth-order valence-corrected chi connectivity index (χ4v) is 3.03. The molecule has 2 rings (SSSR count). The second-order valence-electron chi connectivity index (χ2n) is 5.56. The van der Waals surface area contributed by atoms with Gasteiger partial charge in [-0.2, -0.15) is 0 Å². The lowest BCUT2D eigenvalue weighted by molar-refractivity contribution is 0.266. The van der Waals surface area contributed by atoms with Crippen molar-refractivity contribution < 1.29 is 5.21 Å². The van der Waals surface area contributed by atoms with Crippen molar-refractivity contribution in [1.82, 2.24) is 4.90 Å². The van der Waals surface area contributed by atoms with E-state index in [0.717, 1.165) is 18.8 Å². The molecule has 20 heavy (non-hydrogen) atoms. The molecule has 2 unspecified atom stereocenters. The maximum atomic E-state index is 8.93. The predicted octanol–water partition coefficient (Wildman–Crippen LogP) is 1.82. The molecule has 1 aliphatic heterocycles. The number of hydrogen-bond donors (Lipinski definition) is 2. The molecule has 0 amide bonds. The zero-order valence-corrected chi connectivity index (χ0v) is 12.8. The molecule has 0 bridgehead atoms. The molecule has 3 N–H and O–H groups in total. The number of benzene rings is 1. The van der Waals surface area contributed by atoms with Crippen molar-refractivity contribution in [2.24, 2.45) is 16.8 Å². The Morgan fingerprint density at radius 1 is 1.45 bits per heavy atom. The van der Waals surface area contributed by atoms with Crippen LogP contribution in [-0.2, 0) is 0 Å². The largest absolute Gasteiger partial charge is 0.409 e. The van der Waals surface area contributed by atoms with Gasteiger partial charge in [0.1, 0.15) is 0 Å². The molecule has 1 fully saturated rings. The van der Waals surface area contributed by atoms with E-state index in [-0.39, 0.29) is 5.84 Å². The minimum atomic E-state index is 0.0865. The van der Waals surface area contributed by atoms with E-state index in [9.17, 15) is 0 Å². The number of anilines is 1. The molecular weight excluding hydrogens is 276 g/mol. The second-order valence-corrected chi connectivity index (χ2v) is 6.00. The molecule has 0 saturated carbocycles. The van der Waals surface area contributed by atoms with Gasteiger partial charge in [0.2, 0.25) is 0 Å². The summed E-state index contributed by atoms with van der Waals surface area (Å²) in [5.41, 5.74) is 7.40. The molecule has 1 saturated heterocycles. The first kappa shape index (κ1) is 14.9. The van der Waals surface area contributed by atoms with E-state index in [1.165, 1.54) is 0 Å². The van der Waals surface area contributed by atoms with Crippen LogP contribution in [0.5, 0.6) is 0 Å². The quantitative estimate of drug-likeness (QED) is 0.386. The van der Waals surface area contributed by atoms with Crippen LogP contribution in [0.4, 0.5) is 5.69 Å². The molecule has 1 aromatic rings. The van der Waals surface area contributed by atoms with E-state index >= 15 is 0 Å².